The number of hydrogen-bond donors (Lipinski definition) is 2. The Labute approximate surface area is 163 Å². The van der Waals surface area contributed by atoms with Crippen LogP contribution in [0, 0.1) is 0 Å². The van der Waals surface area contributed by atoms with E-state index in [-0.39, 0.29) is 24.2 Å². The molecule has 2 aromatic rings. The summed E-state index contributed by atoms with van der Waals surface area (Å²) < 4.78 is 0. The summed E-state index contributed by atoms with van der Waals surface area (Å²) in [6, 6.07) is 11.8. The van der Waals surface area contributed by atoms with Crippen LogP contribution in [-0.2, 0) is 0 Å². The SMILES string of the molecule is Cl.O=C(Nc1ccccc1C(=O)N1CCC2CCC(C1)N2)c1cccs1. The largest absolute Gasteiger partial charge is 0.337 e. The Morgan fingerprint density at radius 3 is 2.69 bits per heavy atom. The van der Waals surface area contributed by atoms with Gasteiger partial charge >= 0.3 is 0 Å². The molecule has 0 spiro atoms. The van der Waals surface area contributed by atoms with Crippen LogP contribution in [0.2, 0.25) is 0 Å². The normalized spacial score (nSPS) is 21.6. The van der Waals surface area contributed by atoms with E-state index in [0.717, 1.165) is 25.9 Å². The van der Waals surface area contributed by atoms with Gasteiger partial charge in [0.2, 0.25) is 0 Å². The molecule has 2 bridgehead atoms. The highest BCUT2D eigenvalue weighted by Gasteiger charge is 2.32. The molecular weight excluding hydrogens is 370 g/mol. The predicted molar refractivity (Wildman–Crippen MR) is 106 cm³/mol. The first-order chi connectivity index (χ1) is 12.2. The molecule has 2 N–H and O–H groups in total. The topological polar surface area (TPSA) is 61.4 Å². The fourth-order valence-electron chi connectivity index (χ4n) is 3.67. The van der Waals surface area contributed by atoms with Crippen LogP contribution in [0.3, 0.4) is 0 Å². The van der Waals surface area contributed by atoms with Crippen molar-refractivity contribution in [3.63, 3.8) is 0 Å². The predicted octanol–water partition coefficient (Wildman–Crippen LogP) is 3.39. The molecule has 2 fully saturated rings. The number of nitrogens with zero attached hydrogens (tertiary/aromatic N) is 1. The summed E-state index contributed by atoms with van der Waals surface area (Å²) in [6.07, 6.45) is 3.33. The summed E-state index contributed by atoms with van der Waals surface area (Å²) in [7, 11) is 0. The second-order valence-corrected chi connectivity index (χ2v) is 7.60. The zero-order valence-electron chi connectivity index (χ0n) is 14.3. The van der Waals surface area contributed by atoms with Gasteiger partial charge in [-0.1, -0.05) is 18.2 Å². The van der Waals surface area contributed by atoms with Crippen molar-refractivity contribution >= 4 is 41.2 Å². The highest BCUT2D eigenvalue weighted by molar-refractivity contribution is 7.12. The summed E-state index contributed by atoms with van der Waals surface area (Å²) in [4.78, 5) is 28.0. The molecule has 1 aromatic carbocycles. The fraction of sp³-hybridized carbons (Fsp3) is 0.368. The molecule has 7 heteroatoms. The molecule has 0 radical (unpaired) electrons. The average molecular weight is 392 g/mol. The number of halogens is 1. The molecule has 5 nitrogen and oxygen atoms in total. The van der Waals surface area contributed by atoms with Crippen molar-refractivity contribution in [3.05, 3.63) is 52.2 Å². The molecular formula is C19H22ClN3O2S. The lowest BCUT2D eigenvalue weighted by Gasteiger charge is -2.25. The highest BCUT2D eigenvalue weighted by atomic mass is 35.5. The second-order valence-electron chi connectivity index (χ2n) is 6.65. The van der Waals surface area contributed by atoms with Gasteiger partial charge in [-0.05, 0) is 42.8 Å². The lowest BCUT2D eigenvalue weighted by atomic mass is 10.1. The van der Waals surface area contributed by atoms with Crippen molar-refractivity contribution in [2.75, 3.05) is 18.4 Å². The molecule has 2 aliphatic heterocycles. The van der Waals surface area contributed by atoms with Gasteiger partial charge in [0.05, 0.1) is 16.1 Å². The van der Waals surface area contributed by atoms with E-state index in [9.17, 15) is 9.59 Å². The van der Waals surface area contributed by atoms with E-state index >= 15 is 0 Å². The van der Waals surface area contributed by atoms with Crippen LogP contribution in [0.25, 0.3) is 0 Å². The number of nitrogens with one attached hydrogen (secondary N) is 2. The van der Waals surface area contributed by atoms with Gasteiger partial charge in [0, 0.05) is 25.2 Å². The van der Waals surface area contributed by atoms with Gasteiger partial charge < -0.3 is 15.5 Å². The maximum atomic E-state index is 13.1. The van der Waals surface area contributed by atoms with E-state index in [1.165, 1.54) is 17.8 Å². The number of benzene rings is 1. The Morgan fingerprint density at radius 2 is 1.88 bits per heavy atom. The number of anilines is 1. The van der Waals surface area contributed by atoms with Crippen LogP contribution >= 0.6 is 23.7 Å². The van der Waals surface area contributed by atoms with E-state index in [0.29, 0.717) is 28.2 Å². The molecule has 138 valence electrons. The summed E-state index contributed by atoms with van der Waals surface area (Å²) in [5.41, 5.74) is 1.14. The van der Waals surface area contributed by atoms with Gasteiger partial charge in [-0.3, -0.25) is 9.59 Å². The highest BCUT2D eigenvalue weighted by Crippen LogP contribution is 2.24. The quantitative estimate of drug-likeness (QED) is 0.843. The molecule has 1 aromatic heterocycles. The lowest BCUT2D eigenvalue weighted by Crippen LogP contribution is -2.39. The van der Waals surface area contributed by atoms with Crippen LogP contribution in [0.15, 0.2) is 41.8 Å². The third kappa shape index (κ3) is 3.92. The van der Waals surface area contributed by atoms with Crippen molar-refractivity contribution in [1.82, 2.24) is 10.2 Å². The minimum atomic E-state index is -0.174. The van der Waals surface area contributed by atoms with E-state index in [2.05, 4.69) is 10.6 Å². The Hall–Kier alpha value is -1.89. The summed E-state index contributed by atoms with van der Waals surface area (Å²) >= 11 is 1.39. The van der Waals surface area contributed by atoms with Crippen LogP contribution < -0.4 is 10.6 Å². The van der Waals surface area contributed by atoms with Crippen molar-refractivity contribution < 1.29 is 9.59 Å². The van der Waals surface area contributed by atoms with Crippen LogP contribution in [0.5, 0.6) is 0 Å². The maximum absolute atomic E-state index is 13.1. The van der Waals surface area contributed by atoms with Crippen molar-refractivity contribution in [2.45, 2.75) is 31.3 Å². The Morgan fingerprint density at radius 1 is 1.08 bits per heavy atom. The average Bonchev–Trinajstić information content (AvgIpc) is 3.25. The van der Waals surface area contributed by atoms with Gasteiger partial charge in [-0.15, -0.1) is 23.7 Å². The van der Waals surface area contributed by atoms with E-state index < -0.39 is 0 Å². The van der Waals surface area contributed by atoms with Crippen LogP contribution in [0.1, 0.15) is 39.3 Å². The zero-order chi connectivity index (χ0) is 17.2. The van der Waals surface area contributed by atoms with E-state index in [4.69, 9.17) is 0 Å². The summed E-state index contributed by atoms with van der Waals surface area (Å²) in [5, 5.41) is 8.35. The number of carbonyl (C=O) groups is 2. The van der Waals surface area contributed by atoms with E-state index in [1.54, 1.807) is 18.2 Å². The molecule has 2 unspecified atom stereocenters. The van der Waals surface area contributed by atoms with Crippen molar-refractivity contribution in [3.8, 4) is 0 Å². The van der Waals surface area contributed by atoms with Gasteiger partial charge in [0.15, 0.2) is 0 Å². The maximum Gasteiger partial charge on any atom is 0.265 e. The van der Waals surface area contributed by atoms with Gasteiger partial charge in [-0.2, -0.15) is 0 Å². The Kier molecular flexibility index (Phi) is 5.96. The number of carbonyl (C=O) groups excluding carboxylic acids is 2. The number of fused-ring (bicyclic) bond motifs is 2. The summed E-state index contributed by atoms with van der Waals surface area (Å²) in [5.74, 6) is -0.178. The Bertz CT molecular complexity index is 781. The molecule has 2 amide bonds. The number of amides is 2. The molecule has 26 heavy (non-hydrogen) atoms. The first-order valence-electron chi connectivity index (χ1n) is 8.70. The van der Waals surface area contributed by atoms with Gasteiger partial charge in [0.1, 0.15) is 0 Å². The molecule has 0 aliphatic carbocycles. The minimum Gasteiger partial charge on any atom is -0.337 e. The lowest BCUT2D eigenvalue weighted by molar-refractivity contribution is 0.0749. The molecule has 2 saturated heterocycles. The van der Waals surface area contributed by atoms with Crippen molar-refractivity contribution in [1.29, 1.82) is 0 Å². The number of rotatable bonds is 3. The van der Waals surface area contributed by atoms with Crippen molar-refractivity contribution in [2.24, 2.45) is 0 Å². The standard InChI is InChI=1S/C19H21N3O2S.ClH/c23-18(17-6-3-11-25-17)21-16-5-2-1-4-15(16)19(24)22-10-9-13-7-8-14(12-22)20-13;/h1-6,11,13-14,20H,7-10,12H2,(H,21,23);1H. The third-order valence-corrected chi connectivity index (χ3v) is 5.83. The molecule has 4 rings (SSSR count). The zero-order valence-corrected chi connectivity index (χ0v) is 15.9. The smallest absolute Gasteiger partial charge is 0.265 e. The first kappa shape index (κ1) is 18.9. The fourth-order valence-corrected chi connectivity index (χ4v) is 4.29. The molecule has 2 atom stereocenters. The molecule has 0 saturated carbocycles. The van der Waals surface area contributed by atoms with Crippen LogP contribution in [-0.4, -0.2) is 41.9 Å². The van der Waals surface area contributed by atoms with Gasteiger partial charge in [0.25, 0.3) is 11.8 Å². The number of hydrogen-bond acceptors (Lipinski definition) is 4. The van der Waals surface area contributed by atoms with Gasteiger partial charge in [-0.25, -0.2) is 0 Å². The second kappa shape index (κ2) is 8.20. The minimum absolute atomic E-state index is 0. The van der Waals surface area contributed by atoms with Crippen LogP contribution in [0.4, 0.5) is 5.69 Å². The summed E-state index contributed by atoms with van der Waals surface area (Å²) in [6.45, 7) is 1.50. The Balaban J connectivity index is 0.00000196. The first-order valence-corrected chi connectivity index (χ1v) is 9.58. The third-order valence-electron chi connectivity index (χ3n) is 4.96. The molecule has 3 heterocycles. The number of para-hydroxylation sites is 1. The number of thiophene rings is 1. The monoisotopic (exact) mass is 391 g/mol. The molecule has 2 aliphatic rings. The number of likely N-dealkylation sites (tertiary alicyclic amines) is 1. The van der Waals surface area contributed by atoms with E-state index in [1.807, 2.05) is 28.5 Å².